The van der Waals surface area contributed by atoms with Crippen LogP contribution in [0.25, 0.3) is 0 Å². The van der Waals surface area contributed by atoms with Crippen LogP contribution in [0.15, 0.2) is 72.8 Å². The topological polar surface area (TPSA) is 51.2 Å². The first kappa shape index (κ1) is 19.2. The predicted molar refractivity (Wildman–Crippen MR) is 125 cm³/mol. The van der Waals surface area contributed by atoms with Crippen molar-refractivity contribution < 1.29 is 14.4 Å². The molecule has 0 saturated heterocycles. The zero-order chi connectivity index (χ0) is 22.4. The second-order valence-corrected chi connectivity index (χ2v) is 10.6. The number of rotatable bonds is 3. The number of hydrogen-bond donors (Lipinski definition) is 0. The van der Waals surface area contributed by atoms with Crippen LogP contribution in [0.1, 0.15) is 70.4 Å². The Hall–Kier alpha value is -3.33. The summed E-state index contributed by atoms with van der Waals surface area (Å²) in [7, 11) is 0. The molecule has 3 aromatic carbocycles. The van der Waals surface area contributed by atoms with Crippen LogP contribution in [0.5, 0.6) is 0 Å². The van der Waals surface area contributed by atoms with Gasteiger partial charge in [-0.3, -0.25) is 0 Å². The minimum Gasteiger partial charge on any atom is -0.302 e. The van der Waals surface area contributed by atoms with Gasteiger partial charge in [0.2, 0.25) is 0 Å². The molecule has 10 rings (SSSR count). The Bertz CT molecular complexity index is 1140. The molecule has 3 saturated carbocycles. The summed E-state index contributed by atoms with van der Waals surface area (Å²) in [5, 5.41) is 0. The van der Waals surface area contributed by atoms with Gasteiger partial charge in [-0.15, -0.1) is 0 Å². The fourth-order valence-electron chi connectivity index (χ4n) is 6.71. The van der Waals surface area contributed by atoms with E-state index in [2.05, 4.69) is 72.8 Å². The van der Waals surface area contributed by atoms with Gasteiger partial charge in [-0.2, -0.15) is 0 Å². The molecule has 6 bridgehead atoms. The number of fused-ring (bicyclic) bond motifs is 3. The molecule has 7 aliphatic carbocycles. The molecule has 7 aliphatic rings. The average Bonchev–Trinajstić information content (AvgIpc) is 3.79. The monoisotopic (exact) mass is 432 g/mol. The summed E-state index contributed by atoms with van der Waals surface area (Å²) in [4.78, 5) is 36.7. The van der Waals surface area contributed by atoms with Crippen molar-refractivity contribution in [3.63, 3.8) is 0 Å². The molecule has 6 atom stereocenters. The second kappa shape index (κ2) is 6.17. The highest BCUT2D eigenvalue weighted by atomic mass is 16.1. The Kier molecular flexibility index (Phi) is 3.58. The van der Waals surface area contributed by atoms with Crippen molar-refractivity contribution in [3.05, 3.63) is 106 Å². The summed E-state index contributed by atoms with van der Waals surface area (Å²) >= 11 is 0. The molecule has 3 heteroatoms. The van der Waals surface area contributed by atoms with Gasteiger partial charge in [0.05, 0.1) is 16.2 Å². The minimum absolute atomic E-state index is 0.165. The molecule has 33 heavy (non-hydrogen) atoms. The van der Waals surface area contributed by atoms with E-state index in [1.165, 1.54) is 0 Å². The highest BCUT2D eigenvalue weighted by Gasteiger charge is 2.59. The summed E-state index contributed by atoms with van der Waals surface area (Å²) in [6, 6.07) is 25.1. The lowest BCUT2D eigenvalue weighted by atomic mass is 9.86. The van der Waals surface area contributed by atoms with E-state index >= 15 is 0 Å². The number of carbonyl (C=O) groups is 3. The van der Waals surface area contributed by atoms with Gasteiger partial charge in [-0.1, -0.05) is 72.8 Å². The highest BCUT2D eigenvalue weighted by molar-refractivity contribution is 5.80. The standard InChI is InChI=1S/C30H24O3/c31-16-28-14-26(28)20-5-11-24(12-6-20)30(18-33)15-27(30)21-3-9-23(10-4-21)29(17-32)13-25(29)19-1-7-22(28)8-2-19/h1-12,16-18,25-27H,13-15H2. The van der Waals surface area contributed by atoms with Crippen molar-refractivity contribution >= 4 is 18.9 Å². The quantitative estimate of drug-likeness (QED) is 0.555. The van der Waals surface area contributed by atoms with Gasteiger partial charge in [-0.05, 0) is 52.6 Å². The van der Waals surface area contributed by atoms with Crippen LogP contribution in [0.3, 0.4) is 0 Å². The molecule has 0 aliphatic heterocycles. The first-order chi connectivity index (χ1) is 16.1. The Labute approximate surface area is 192 Å². The van der Waals surface area contributed by atoms with Crippen LogP contribution in [0.2, 0.25) is 0 Å². The van der Waals surface area contributed by atoms with E-state index < -0.39 is 16.2 Å². The molecule has 0 radical (unpaired) electrons. The van der Waals surface area contributed by atoms with Gasteiger partial charge in [0.1, 0.15) is 18.9 Å². The number of benzene rings is 3. The number of hydrogen-bond acceptors (Lipinski definition) is 3. The Morgan fingerprint density at radius 1 is 0.455 bits per heavy atom. The van der Waals surface area contributed by atoms with Crippen molar-refractivity contribution in [1.82, 2.24) is 0 Å². The molecule has 162 valence electrons. The first-order valence-corrected chi connectivity index (χ1v) is 11.8. The largest absolute Gasteiger partial charge is 0.302 e. The van der Waals surface area contributed by atoms with Crippen molar-refractivity contribution in [1.29, 1.82) is 0 Å². The third kappa shape index (κ3) is 2.37. The van der Waals surface area contributed by atoms with E-state index in [9.17, 15) is 14.4 Å². The zero-order valence-electron chi connectivity index (χ0n) is 18.2. The number of carbonyl (C=O) groups excluding carboxylic acids is 3. The van der Waals surface area contributed by atoms with E-state index in [1.54, 1.807) is 0 Å². The molecule has 3 fully saturated rings. The summed E-state index contributed by atoms with van der Waals surface area (Å²) in [6.45, 7) is 0. The van der Waals surface area contributed by atoms with E-state index in [-0.39, 0.29) is 17.8 Å². The van der Waals surface area contributed by atoms with Gasteiger partial charge in [0.25, 0.3) is 0 Å². The Morgan fingerprint density at radius 3 is 0.909 bits per heavy atom. The predicted octanol–water partition coefficient (Wildman–Crippen LogP) is 4.87. The van der Waals surface area contributed by atoms with Gasteiger partial charge in [-0.25, -0.2) is 0 Å². The maximum atomic E-state index is 12.2. The van der Waals surface area contributed by atoms with E-state index in [4.69, 9.17) is 0 Å². The highest BCUT2D eigenvalue weighted by Crippen LogP contribution is 2.63. The van der Waals surface area contributed by atoms with Crippen LogP contribution in [-0.4, -0.2) is 18.9 Å². The van der Waals surface area contributed by atoms with Crippen molar-refractivity contribution in [2.24, 2.45) is 0 Å². The average molecular weight is 433 g/mol. The molecule has 0 amide bonds. The van der Waals surface area contributed by atoms with Crippen LogP contribution in [-0.2, 0) is 30.6 Å². The summed E-state index contributed by atoms with van der Waals surface area (Å²) in [6.07, 6.45) is 5.75. The normalized spacial score (nSPS) is 36.5. The van der Waals surface area contributed by atoms with Crippen LogP contribution < -0.4 is 0 Å². The van der Waals surface area contributed by atoms with Crippen LogP contribution in [0, 0.1) is 0 Å². The Balaban J connectivity index is 1.38. The lowest BCUT2D eigenvalue weighted by molar-refractivity contribution is -0.110. The third-order valence-electron chi connectivity index (χ3n) is 9.19. The molecular weight excluding hydrogens is 408 g/mol. The van der Waals surface area contributed by atoms with Crippen molar-refractivity contribution in [2.45, 2.75) is 53.3 Å². The molecule has 0 N–H and O–H groups in total. The molecule has 0 spiro atoms. The molecule has 0 heterocycles. The molecule has 3 aromatic rings. The van der Waals surface area contributed by atoms with Gasteiger partial charge in [0, 0.05) is 17.8 Å². The van der Waals surface area contributed by atoms with Gasteiger partial charge < -0.3 is 14.4 Å². The Morgan fingerprint density at radius 2 is 0.697 bits per heavy atom. The second-order valence-electron chi connectivity index (χ2n) is 10.6. The van der Waals surface area contributed by atoms with Crippen LogP contribution in [0.4, 0.5) is 0 Å². The maximum absolute atomic E-state index is 12.2. The van der Waals surface area contributed by atoms with E-state index in [1.807, 2.05) is 0 Å². The third-order valence-corrected chi connectivity index (χ3v) is 9.19. The first-order valence-electron chi connectivity index (χ1n) is 11.8. The lowest BCUT2D eigenvalue weighted by Gasteiger charge is -2.16. The SMILES string of the molecule is O=CC12CC1c1ccc(cc1)C1(C=O)CC1c1ccc(cc1)C1(C=O)CC1c1ccc2cc1. The van der Waals surface area contributed by atoms with Gasteiger partial charge >= 0.3 is 0 Å². The fourth-order valence-corrected chi connectivity index (χ4v) is 6.71. The molecule has 6 unspecified atom stereocenters. The summed E-state index contributed by atoms with van der Waals surface area (Å²) in [5.74, 6) is 0.494. The molecule has 3 nitrogen and oxygen atoms in total. The lowest BCUT2D eigenvalue weighted by Crippen LogP contribution is -2.14. The zero-order valence-corrected chi connectivity index (χ0v) is 18.2. The van der Waals surface area contributed by atoms with Gasteiger partial charge in [0.15, 0.2) is 0 Å². The molecule has 0 aromatic heterocycles. The van der Waals surface area contributed by atoms with Crippen LogP contribution >= 0.6 is 0 Å². The summed E-state index contributed by atoms with van der Waals surface area (Å²) < 4.78 is 0. The molecular formula is C30H24O3. The smallest absolute Gasteiger partial charge is 0.131 e. The minimum atomic E-state index is -0.476. The van der Waals surface area contributed by atoms with E-state index in [0.29, 0.717) is 0 Å². The van der Waals surface area contributed by atoms with Crippen molar-refractivity contribution in [2.75, 3.05) is 0 Å². The van der Waals surface area contributed by atoms with Crippen molar-refractivity contribution in [3.8, 4) is 0 Å². The summed E-state index contributed by atoms with van der Waals surface area (Å²) in [5.41, 5.74) is 5.17. The fraction of sp³-hybridized carbons (Fsp3) is 0.300. The number of aldehydes is 3. The maximum Gasteiger partial charge on any atom is 0.131 e. The van der Waals surface area contributed by atoms with E-state index in [0.717, 1.165) is 71.5 Å².